The lowest BCUT2D eigenvalue weighted by Crippen LogP contribution is -2.23. The van der Waals surface area contributed by atoms with Gasteiger partial charge in [0, 0.05) is 30.9 Å². The van der Waals surface area contributed by atoms with Crippen LogP contribution < -0.4 is 10.1 Å². The number of ether oxygens (including phenoxy) is 1. The van der Waals surface area contributed by atoms with Crippen LogP contribution in [0.25, 0.3) is 6.08 Å². The van der Waals surface area contributed by atoms with Crippen molar-refractivity contribution in [3.63, 3.8) is 0 Å². The third-order valence-electron chi connectivity index (χ3n) is 2.79. The number of H-pyrrole nitrogens is 1. The van der Waals surface area contributed by atoms with Gasteiger partial charge in [0.2, 0.25) is 5.91 Å². The highest BCUT2D eigenvalue weighted by molar-refractivity contribution is 5.91. The van der Waals surface area contributed by atoms with Crippen molar-refractivity contribution in [3.8, 4) is 5.75 Å². The van der Waals surface area contributed by atoms with Crippen LogP contribution in [0, 0.1) is 0 Å². The smallest absolute Gasteiger partial charge is 0.244 e. The van der Waals surface area contributed by atoms with Crippen LogP contribution in [-0.2, 0) is 11.2 Å². The fourth-order valence-corrected chi connectivity index (χ4v) is 1.69. The Bertz CT molecular complexity index is 559. The molecule has 1 amide bonds. The molecule has 1 aromatic carbocycles. The predicted molar refractivity (Wildman–Crippen MR) is 77.3 cm³/mol. The Morgan fingerprint density at radius 1 is 1.40 bits per heavy atom. The number of benzene rings is 1. The molecule has 5 nitrogen and oxygen atoms in total. The first kappa shape index (κ1) is 13.9. The average molecular weight is 271 g/mol. The van der Waals surface area contributed by atoms with Gasteiger partial charge in [0.15, 0.2) is 0 Å². The van der Waals surface area contributed by atoms with Gasteiger partial charge in [-0.3, -0.25) is 4.79 Å². The number of carbonyl (C=O) groups is 1. The van der Waals surface area contributed by atoms with Crippen molar-refractivity contribution < 1.29 is 9.53 Å². The first-order valence-electron chi connectivity index (χ1n) is 6.35. The fourth-order valence-electron chi connectivity index (χ4n) is 1.69. The maximum atomic E-state index is 11.6. The van der Waals surface area contributed by atoms with Crippen LogP contribution in [0.15, 0.2) is 42.9 Å². The van der Waals surface area contributed by atoms with E-state index in [1.807, 2.05) is 24.3 Å². The molecule has 1 aromatic heterocycles. The Kier molecular flexibility index (Phi) is 4.94. The van der Waals surface area contributed by atoms with Gasteiger partial charge in [0.05, 0.1) is 13.4 Å². The monoisotopic (exact) mass is 271 g/mol. The van der Waals surface area contributed by atoms with Gasteiger partial charge >= 0.3 is 0 Å². The van der Waals surface area contributed by atoms with Crippen LogP contribution in [0.1, 0.15) is 11.3 Å². The zero-order valence-corrected chi connectivity index (χ0v) is 11.3. The fraction of sp³-hybridized carbons (Fsp3) is 0.200. The number of rotatable bonds is 6. The molecule has 0 aliphatic heterocycles. The van der Waals surface area contributed by atoms with E-state index in [0.29, 0.717) is 6.54 Å². The molecule has 0 aliphatic rings. The zero-order valence-electron chi connectivity index (χ0n) is 11.3. The van der Waals surface area contributed by atoms with Gasteiger partial charge < -0.3 is 15.0 Å². The molecule has 0 atom stereocenters. The van der Waals surface area contributed by atoms with Crippen molar-refractivity contribution in [2.24, 2.45) is 0 Å². The minimum Gasteiger partial charge on any atom is -0.497 e. The molecule has 20 heavy (non-hydrogen) atoms. The van der Waals surface area contributed by atoms with Gasteiger partial charge in [0.1, 0.15) is 5.75 Å². The molecule has 0 unspecified atom stereocenters. The molecule has 2 N–H and O–H groups in total. The van der Waals surface area contributed by atoms with Crippen LogP contribution >= 0.6 is 0 Å². The van der Waals surface area contributed by atoms with E-state index < -0.39 is 0 Å². The maximum Gasteiger partial charge on any atom is 0.244 e. The molecule has 0 radical (unpaired) electrons. The van der Waals surface area contributed by atoms with Crippen molar-refractivity contribution in [1.29, 1.82) is 0 Å². The lowest BCUT2D eigenvalue weighted by Gasteiger charge is -2.01. The van der Waals surface area contributed by atoms with Crippen LogP contribution in [0.2, 0.25) is 0 Å². The topological polar surface area (TPSA) is 67.0 Å². The molecule has 0 spiro atoms. The molecule has 2 rings (SSSR count). The molecular weight excluding hydrogens is 254 g/mol. The Labute approximate surface area is 117 Å². The third kappa shape index (κ3) is 4.28. The van der Waals surface area contributed by atoms with Crippen LogP contribution in [0.4, 0.5) is 0 Å². The summed E-state index contributed by atoms with van der Waals surface area (Å²) in [6.45, 7) is 0.577. The summed E-state index contributed by atoms with van der Waals surface area (Å²) in [7, 11) is 1.62. The van der Waals surface area contributed by atoms with E-state index in [-0.39, 0.29) is 5.91 Å². The Balaban J connectivity index is 1.76. The number of amides is 1. The van der Waals surface area contributed by atoms with E-state index in [4.69, 9.17) is 4.74 Å². The van der Waals surface area contributed by atoms with Gasteiger partial charge in [-0.25, -0.2) is 4.98 Å². The number of carbonyl (C=O) groups excluding carboxylic acids is 1. The maximum absolute atomic E-state index is 11.6. The van der Waals surface area contributed by atoms with Crippen molar-refractivity contribution in [2.45, 2.75) is 6.42 Å². The SMILES string of the molecule is COc1ccc(C=CC(=O)NCCc2cnc[nH]2)cc1. The Morgan fingerprint density at radius 2 is 2.20 bits per heavy atom. The van der Waals surface area contributed by atoms with Gasteiger partial charge in [-0.2, -0.15) is 0 Å². The van der Waals surface area contributed by atoms with E-state index in [0.717, 1.165) is 23.4 Å². The molecule has 0 aliphatic carbocycles. The van der Waals surface area contributed by atoms with E-state index in [1.165, 1.54) is 6.08 Å². The third-order valence-corrected chi connectivity index (χ3v) is 2.79. The predicted octanol–water partition coefficient (Wildman–Crippen LogP) is 1.79. The van der Waals surface area contributed by atoms with Gasteiger partial charge in [-0.15, -0.1) is 0 Å². The quantitative estimate of drug-likeness (QED) is 0.787. The number of imidazole rings is 1. The number of methoxy groups -OCH3 is 1. The molecular formula is C15H17N3O2. The molecule has 5 heteroatoms. The summed E-state index contributed by atoms with van der Waals surface area (Å²) in [6, 6.07) is 7.51. The van der Waals surface area contributed by atoms with Crippen molar-refractivity contribution in [2.75, 3.05) is 13.7 Å². The van der Waals surface area contributed by atoms with Crippen LogP contribution in [0.5, 0.6) is 5.75 Å². The number of nitrogens with zero attached hydrogens (tertiary/aromatic N) is 1. The lowest BCUT2D eigenvalue weighted by molar-refractivity contribution is -0.116. The van der Waals surface area contributed by atoms with Gasteiger partial charge in [0.25, 0.3) is 0 Å². The number of nitrogens with one attached hydrogen (secondary N) is 2. The number of aromatic amines is 1. The minimum absolute atomic E-state index is 0.111. The largest absolute Gasteiger partial charge is 0.497 e. The summed E-state index contributed by atoms with van der Waals surface area (Å²) in [4.78, 5) is 18.5. The normalized spacial score (nSPS) is 10.7. The summed E-state index contributed by atoms with van der Waals surface area (Å²) in [5.74, 6) is 0.687. The summed E-state index contributed by atoms with van der Waals surface area (Å²) in [5, 5.41) is 2.82. The van der Waals surface area contributed by atoms with Crippen molar-refractivity contribution >= 4 is 12.0 Å². The Morgan fingerprint density at radius 3 is 2.85 bits per heavy atom. The number of hydrogen-bond donors (Lipinski definition) is 2. The van der Waals surface area contributed by atoms with Gasteiger partial charge in [-0.1, -0.05) is 12.1 Å². The number of aromatic nitrogens is 2. The highest BCUT2D eigenvalue weighted by Gasteiger charge is 1.97. The van der Waals surface area contributed by atoms with E-state index >= 15 is 0 Å². The van der Waals surface area contributed by atoms with E-state index in [2.05, 4.69) is 15.3 Å². The van der Waals surface area contributed by atoms with Crippen LogP contribution in [0.3, 0.4) is 0 Å². The minimum atomic E-state index is -0.111. The lowest BCUT2D eigenvalue weighted by atomic mass is 10.2. The second kappa shape index (κ2) is 7.13. The summed E-state index contributed by atoms with van der Waals surface area (Å²) < 4.78 is 5.07. The molecule has 2 aromatic rings. The molecule has 0 saturated heterocycles. The van der Waals surface area contributed by atoms with E-state index in [1.54, 1.807) is 25.7 Å². The second-order valence-electron chi connectivity index (χ2n) is 4.22. The second-order valence-corrected chi connectivity index (χ2v) is 4.22. The summed E-state index contributed by atoms with van der Waals surface area (Å²) >= 11 is 0. The van der Waals surface area contributed by atoms with Crippen LogP contribution in [-0.4, -0.2) is 29.5 Å². The Hall–Kier alpha value is -2.56. The summed E-state index contributed by atoms with van der Waals surface area (Å²) in [6.07, 6.45) is 7.40. The first-order chi connectivity index (χ1) is 9.78. The van der Waals surface area contributed by atoms with Crippen molar-refractivity contribution in [1.82, 2.24) is 15.3 Å². The molecule has 0 bridgehead atoms. The zero-order chi connectivity index (χ0) is 14.2. The number of hydrogen-bond acceptors (Lipinski definition) is 3. The van der Waals surface area contributed by atoms with Gasteiger partial charge in [-0.05, 0) is 23.8 Å². The van der Waals surface area contributed by atoms with Crippen molar-refractivity contribution in [3.05, 3.63) is 54.1 Å². The van der Waals surface area contributed by atoms with E-state index in [9.17, 15) is 4.79 Å². The highest BCUT2D eigenvalue weighted by Crippen LogP contribution is 2.12. The standard InChI is InChI=1S/C15H17N3O2/c1-20-14-5-2-12(3-6-14)4-7-15(19)17-9-8-13-10-16-11-18-13/h2-7,10-11H,8-9H2,1H3,(H,16,18)(H,17,19). The molecule has 0 fully saturated rings. The summed E-state index contributed by atoms with van der Waals surface area (Å²) in [5.41, 5.74) is 1.96. The molecule has 104 valence electrons. The first-order valence-corrected chi connectivity index (χ1v) is 6.35. The molecule has 0 saturated carbocycles. The average Bonchev–Trinajstić information content (AvgIpc) is 2.99. The highest BCUT2D eigenvalue weighted by atomic mass is 16.5. The molecule has 1 heterocycles.